The van der Waals surface area contributed by atoms with Gasteiger partial charge in [0.25, 0.3) is 0 Å². The molecule has 4 heteroatoms. The average molecular weight is 272 g/mol. The fourth-order valence-corrected chi connectivity index (χ4v) is 1.76. The Morgan fingerprint density at radius 3 is 2.60 bits per heavy atom. The number of aliphatic hydroxyl groups is 1. The molecule has 104 valence electrons. The quantitative estimate of drug-likeness (QED) is 0.849. The third-order valence-corrected chi connectivity index (χ3v) is 2.85. The first-order valence-corrected chi connectivity index (χ1v) is 6.23. The Hall–Kier alpha value is -2.33. The lowest BCUT2D eigenvalue weighted by molar-refractivity contribution is -0.150. The molecular weight excluding hydrogens is 256 g/mol. The number of hydrogen-bond acceptors (Lipinski definition) is 4. The van der Waals surface area contributed by atoms with Gasteiger partial charge in [0.05, 0.1) is 7.11 Å². The minimum absolute atomic E-state index is 0.429. The smallest absolute Gasteiger partial charge is 0.339 e. The fourth-order valence-electron chi connectivity index (χ4n) is 1.76. The molecule has 2 rings (SSSR count). The Labute approximate surface area is 117 Å². The van der Waals surface area contributed by atoms with Crippen molar-refractivity contribution in [1.82, 2.24) is 0 Å². The van der Waals surface area contributed by atoms with Gasteiger partial charge in [0, 0.05) is 0 Å². The molecule has 0 fully saturated rings. The summed E-state index contributed by atoms with van der Waals surface area (Å²) in [5.41, 5.74) is 1.49. The van der Waals surface area contributed by atoms with E-state index in [4.69, 9.17) is 4.74 Å². The van der Waals surface area contributed by atoms with Gasteiger partial charge in [-0.15, -0.1) is 0 Å². The highest BCUT2D eigenvalue weighted by atomic mass is 16.5. The number of benzene rings is 2. The summed E-state index contributed by atoms with van der Waals surface area (Å²) in [7, 11) is 1.24. The summed E-state index contributed by atoms with van der Waals surface area (Å²) >= 11 is 0. The summed E-state index contributed by atoms with van der Waals surface area (Å²) in [4.78, 5) is 11.3. The summed E-state index contributed by atoms with van der Waals surface area (Å²) < 4.78 is 10.1. The van der Waals surface area contributed by atoms with Crippen LogP contribution in [0.25, 0.3) is 0 Å². The van der Waals surface area contributed by atoms with E-state index in [-0.39, 0.29) is 0 Å². The van der Waals surface area contributed by atoms with E-state index >= 15 is 0 Å². The Morgan fingerprint density at radius 2 is 1.90 bits per heavy atom. The van der Waals surface area contributed by atoms with Gasteiger partial charge in [-0.05, 0) is 23.3 Å². The van der Waals surface area contributed by atoms with E-state index in [1.54, 1.807) is 24.3 Å². The number of hydrogen-bond donors (Lipinski definition) is 1. The van der Waals surface area contributed by atoms with Gasteiger partial charge in [-0.1, -0.05) is 42.5 Å². The molecule has 0 amide bonds. The SMILES string of the molecule is COC(=O)[C@H](O)c1cccc(OCc2ccccc2)c1. The van der Waals surface area contributed by atoms with Crippen LogP contribution in [0.3, 0.4) is 0 Å². The fraction of sp³-hybridized carbons (Fsp3) is 0.188. The van der Waals surface area contributed by atoms with Gasteiger partial charge >= 0.3 is 5.97 Å². The minimum Gasteiger partial charge on any atom is -0.489 e. The summed E-state index contributed by atoms with van der Waals surface area (Å²) in [5, 5.41) is 9.77. The van der Waals surface area contributed by atoms with Crippen molar-refractivity contribution in [3.63, 3.8) is 0 Å². The Kier molecular flexibility index (Phi) is 4.74. The van der Waals surface area contributed by atoms with Crippen molar-refractivity contribution in [1.29, 1.82) is 0 Å². The van der Waals surface area contributed by atoms with Crippen LogP contribution in [0, 0.1) is 0 Å². The van der Waals surface area contributed by atoms with E-state index in [9.17, 15) is 9.90 Å². The van der Waals surface area contributed by atoms with Crippen molar-refractivity contribution in [2.45, 2.75) is 12.7 Å². The molecule has 0 aromatic heterocycles. The molecule has 1 N–H and O–H groups in total. The molecule has 0 spiro atoms. The van der Waals surface area contributed by atoms with E-state index in [0.717, 1.165) is 5.56 Å². The zero-order chi connectivity index (χ0) is 14.4. The largest absolute Gasteiger partial charge is 0.489 e. The molecule has 0 aliphatic heterocycles. The second-order valence-corrected chi connectivity index (χ2v) is 4.27. The van der Waals surface area contributed by atoms with E-state index < -0.39 is 12.1 Å². The first-order valence-electron chi connectivity index (χ1n) is 6.23. The second kappa shape index (κ2) is 6.73. The van der Waals surface area contributed by atoms with E-state index in [2.05, 4.69) is 4.74 Å². The number of esters is 1. The third kappa shape index (κ3) is 3.59. The number of rotatable bonds is 5. The molecule has 1 atom stereocenters. The van der Waals surface area contributed by atoms with Crippen molar-refractivity contribution in [3.8, 4) is 5.75 Å². The normalized spacial score (nSPS) is 11.7. The van der Waals surface area contributed by atoms with Gasteiger partial charge in [0.2, 0.25) is 0 Å². The first kappa shape index (κ1) is 14.1. The van der Waals surface area contributed by atoms with Crippen LogP contribution < -0.4 is 4.74 Å². The van der Waals surface area contributed by atoms with E-state index in [1.807, 2.05) is 30.3 Å². The van der Waals surface area contributed by atoms with Gasteiger partial charge in [-0.25, -0.2) is 4.79 Å². The van der Waals surface area contributed by atoms with Crippen molar-refractivity contribution in [2.24, 2.45) is 0 Å². The third-order valence-electron chi connectivity index (χ3n) is 2.85. The summed E-state index contributed by atoms with van der Waals surface area (Å²) in [6.07, 6.45) is -1.29. The molecule has 0 aliphatic rings. The molecule has 0 saturated carbocycles. The average Bonchev–Trinajstić information content (AvgIpc) is 2.52. The maximum Gasteiger partial charge on any atom is 0.339 e. The van der Waals surface area contributed by atoms with Crippen molar-refractivity contribution in [3.05, 3.63) is 65.7 Å². The van der Waals surface area contributed by atoms with Crippen LogP contribution >= 0.6 is 0 Å². The monoisotopic (exact) mass is 272 g/mol. The molecule has 0 saturated heterocycles. The molecule has 20 heavy (non-hydrogen) atoms. The van der Waals surface area contributed by atoms with Crippen LogP contribution in [-0.2, 0) is 16.1 Å². The van der Waals surface area contributed by atoms with Gasteiger partial charge in [0.1, 0.15) is 12.4 Å². The second-order valence-electron chi connectivity index (χ2n) is 4.27. The standard InChI is InChI=1S/C16H16O4/c1-19-16(18)15(17)13-8-5-9-14(10-13)20-11-12-6-3-2-4-7-12/h2-10,15,17H,11H2,1H3/t15-/m1/s1. The Morgan fingerprint density at radius 1 is 1.15 bits per heavy atom. The molecule has 0 aliphatic carbocycles. The van der Waals surface area contributed by atoms with Gasteiger partial charge in [-0.2, -0.15) is 0 Å². The molecular formula is C16H16O4. The summed E-state index contributed by atoms with van der Waals surface area (Å²) in [6.45, 7) is 0.429. The Bertz CT molecular complexity index is 566. The van der Waals surface area contributed by atoms with Crippen LogP contribution in [-0.4, -0.2) is 18.2 Å². The van der Waals surface area contributed by atoms with Crippen LogP contribution in [0.4, 0.5) is 0 Å². The highest BCUT2D eigenvalue weighted by Crippen LogP contribution is 2.21. The zero-order valence-electron chi connectivity index (χ0n) is 11.2. The maximum absolute atomic E-state index is 11.3. The van der Waals surface area contributed by atoms with E-state index in [1.165, 1.54) is 7.11 Å². The topological polar surface area (TPSA) is 55.8 Å². The molecule has 0 heterocycles. The number of aliphatic hydroxyl groups excluding tert-OH is 1. The van der Waals surface area contributed by atoms with Crippen molar-refractivity contribution >= 4 is 5.97 Å². The van der Waals surface area contributed by atoms with Crippen molar-refractivity contribution in [2.75, 3.05) is 7.11 Å². The van der Waals surface area contributed by atoms with Crippen LogP contribution in [0.5, 0.6) is 5.75 Å². The van der Waals surface area contributed by atoms with Gasteiger partial charge in [-0.3, -0.25) is 0 Å². The molecule has 4 nitrogen and oxygen atoms in total. The molecule has 2 aromatic rings. The lowest BCUT2D eigenvalue weighted by Gasteiger charge is -2.11. The van der Waals surface area contributed by atoms with E-state index in [0.29, 0.717) is 17.9 Å². The number of carbonyl (C=O) groups excluding carboxylic acids is 1. The lowest BCUT2D eigenvalue weighted by atomic mass is 10.1. The van der Waals surface area contributed by atoms with Crippen LogP contribution in [0.1, 0.15) is 17.2 Å². The number of methoxy groups -OCH3 is 1. The number of carbonyl (C=O) groups is 1. The minimum atomic E-state index is -1.29. The maximum atomic E-state index is 11.3. The highest BCUT2D eigenvalue weighted by molar-refractivity contribution is 5.76. The highest BCUT2D eigenvalue weighted by Gasteiger charge is 2.18. The van der Waals surface area contributed by atoms with Crippen LogP contribution in [0.2, 0.25) is 0 Å². The van der Waals surface area contributed by atoms with Gasteiger partial charge in [0.15, 0.2) is 6.10 Å². The molecule has 2 aromatic carbocycles. The zero-order valence-corrected chi connectivity index (χ0v) is 11.2. The lowest BCUT2D eigenvalue weighted by Crippen LogP contribution is -2.13. The Balaban J connectivity index is 2.04. The van der Waals surface area contributed by atoms with Crippen LogP contribution in [0.15, 0.2) is 54.6 Å². The summed E-state index contributed by atoms with van der Waals surface area (Å²) in [5.74, 6) is -0.0977. The number of ether oxygens (including phenoxy) is 2. The van der Waals surface area contributed by atoms with Gasteiger partial charge < -0.3 is 14.6 Å². The van der Waals surface area contributed by atoms with Crippen molar-refractivity contribution < 1.29 is 19.4 Å². The first-order chi connectivity index (χ1) is 9.70. The molecule has 0 radical (unpaired) electrons. The predicted octanol–water partition coefficient (Wildman–Crippen LogP) is 2.47. The predicted molar refractivity (Wildman–Crippen MR) is 74.2 cm³/mol. The molecule has 0 bridgehead atoms. The molecule has 0 unspecified atom stereocenters. The summed E-state index contributed by atoms with van der Waals surface area (Å²) in [6, 6.07) is 16.5.